The lowest BCUT2D eigenvalue weighted by atomic mass is 10.4. The van der Waals surface area contributed by atoms with Crippen LogP contribution in [0.1, 0.15) is 17.4 Å². The fraction of sp³-hybridized carbons (Fsp3) is 0.200. The topological polar surface area (TPSA) is 69.6 Å². The van der Waals surface area contributed by atoms with E-state index in [0.29, 0.717) is 12.3 Å². The molecule has 0 saturated heterocycles. The largest absolute Gasteiger partial charge is 0.461 e. The summed E-state index contributed by atoms with van der Waals surface area (Å²) in [6, 6.07) is 3.64. The molecule has 0 unspecified atom stereocenters. The van der Waals surface area contributed by atoms with Crippen LogP contribution in [-0.4, -0.2) is 22.0 Å². The van der Waals surface area contributed by atoms with E-state index in [0.717, 1.165) is 4.47 Å². The van der Waals surface area contributed by atoms with E-state index in [1.807, 2.05) is 12.1 Å². The molecule has 0 aliphatic heterocycles. The number of aromatic nitrogens is 2. The molecule has 2 heterocycles. The maximum absolute atomic E-state index is 11.6. The second kappa shape index (κ2) is 4.13. The van der Waals surface area contributed by atoms with E-state index in [2.05, 4.69) is 20.9 Å². The molecule has 0 spiro atoms. The first kappa shape index (κ1) is 10.9. The van der Waals surface area contributed by atoms with Gasteiger partial charge in [0.15, 0.2) is 11.3 Å². The van der Waals surface area contributed by atoms with Crippen molar-refractivity contribution in [1.82, 2.24) is 9.38 Å². The molecular formula is C10H10BrN3O2. The van der Waals surface area contributed by atoms with E-state index in [1.165, 1.54) is 0 Å². The summed E-state index contributed by atoms with van der Waals surface area (Å²) in [4.78, 5) is 15.7. The van der Waals surface area contributed by atoms with Crippen molar-refractivity contribution in [2.75, 3.05) is 12.3 Å². The number of nitrogens with zero attached hydrogens (tertiary/aromatic N) is 2. The maximum Gasteiger partial charge on any atom is 0.360 e. The van der Waals surface area contributed by atoms with Gasteiger partial charge in [0.05, 0.1) is 11.1 Å². The summed E-state index contributed by atoms with van der Waals surface area (Å²) < 4.78 is 7.28. The highest BCUT2D eigenvalue weighted by molar-refractivity contribution is 9.10. The Labute approximate surface area is 100 Å². The zero-order valence-electron chi connectivity index (χ0n) is 8.61. The van der Waals surface area contributed by atoms with Gasteiger partial charge >= 0.3 is 5.97 Å². The number of halogens is 1. The predicted octanol–water partition coefficient (Wildman–Crippen LogP) is 1.86. The smallest absolute Gasteiger partial charge is 0.360 e. The number of anilines is 1. The first-order valence-corrected chi connectivity index (χ1v) is 5.53. The van der Waals surface area contributed by atoms with E-state index in [-0.39, 0.29) is 11.5 Å². The van der Waals surface area contributed by atoms with Crippen molar-refractivity contribution in [3.05, 3.63) is 28.5 Å². The third kappa shape index (κ3) is 1.65. The van der Waals surface area contributed by atoms with Gasteiger partial charge in [0.1, 0.15) is 5.82 Å². The number of hydrogen-bond acceptors (Lipinski definition) is 4. The monoisotopic (exact) mass is 283 g/mol. The second-order valence-electron chi connectivity index (χ2n) is 3.12. The molecule has 84 valence electrons. The zero-order valence-corrected chi connectivity index (χ0v) is 10.2. The Hall–Kier alpha value is -1.56. The molecule has 16 heavy (non-hydrogen) atoms. The average Bonchev–Trinajstić information content (AvgIpc) is 2.59. The van der Waals surface area contributed by atoms with Gasteiger partial charge in [-0.25, -0.2) is 9.78 Å². The van der Waals surface area contributed by atoms with Gasteiger partial charge in [-0.1, -0.05) is 0 Å². The van der Waals surface area contributed by atoms with Gasteiger partial charge in [0.25, 0.3) is 0 Å². The Morgan fingerprint density at radius 1 is 1.69 bits per heavy atom. The van der Waals surface area contributed by atoms with Crippen LogP contribution in [0.3, 0.4) is 0 Å². The second-order valence-corrected chi connectivity index (χ2v) is 3.97. The van der Waals surface area contributed by atoms with Crippen molar-refractivity contribution in [2.24, 2.45) is 0 Å². The highest BCUT2D eigenvalue weighted by Gasteiger charge is 2.18. The molecule has 2 N–H and O–H groups in total. The lowest BCUT2D eigenvalue weighted by molar-refractivity contribution is 0.0521. The highest BCUT2D eigenvalue weighted by Crippen LogP contribution is 2.22. The van der Waals surface area contributed by atoms with Gasteiger partial charge in [-0.05, 0) is 35.0 Å². The Morgan fingerprint density at radius 2 is 2.44 bits per heavy atom. The molecule has 2 aromatic rings. The Morgan fingerprint density at radius 3 is 3.06 bits per heavy atom. The molecule has 0 bridgehead atoms. The lowest BCUT2D eigenvalue weighted by Gasteiger charge is -1.98. The predicted molar refractivity (Wildman–Crippen MR) is 63.3 cm³/mol. The molecule has 0 amide bonds. The van der Waals surface area contributed by atoms with Gasteiger partial charge in [-0.2, -0.15) is 0 Å². The molecule has 0 saturated carbocycles. The van der Waals surface area contributed by atoms with Gasteiger partial charge in [0, 0.05) is 6.20 Å². The number of hydrogen-bond donors (Lipinski definition) is 1. The maximum atomic E-state index is 11.6. The van der Waals surface area contributed by atoms with Crippen molar-refractivity contribution < 1.29 is 9.53 Å². The number of pyridine rings is 1. The minimum Gasteiger partial charge on any atom is -0.461 e. The Balaban J connectivity index is 2.60. The normalized spacial score (nSPS) is 10.6. The summed E-state index contributed by atoms with van der Waals surface area (Å²) in [6.07, 6.45) is 1.74. The van der Waals surface area contributed by atoms with Crippen molar-refractivity contribution in [2.45, 2.75) is 6.92 Å². The molecule has 2 rings (SSSR count). The fourth-order valence-electron chi connectivity index (χ4n) is 1.40. The number of fused-ring (bicyclic) bond motifs is 1. The molecule has 0 atom stereocenters. The summed E-state index contributed by atoms with van der Waals surface area (Å²) in [5.41, 5.74) is 6.56. The van der Waals surface area contributed by atoms with Crippen LogP contribution in [0.2, 0.25) is 0 Å². The minimum absolute atomic E-state index is 0.147. The van der Waals surface area contributed by atoms with Crippen LogP contribution < -0.4 is 5.73 Å². The van der Waals surface area contributed by atoms with Crippen LogP contribution in [0.15, 0.2) is 22.8 Å². The molecule has 0 aromatic carbocycles. The van der Waals surface area contributed by atoms with Gasteiger partial charge < -0.3 is 10.5 Å². The fourth-order valence-corrected chi connectivity index (χ4v) is 1.83. The van der Waals surface area contributed by atoms with E-state index in [4.69, 9.17) is 10.5 Å². The molecule has 5 nitrogen and oxygen atoms in total. The van der Waals surface area contributed by atoms with Crippen molar-refractivity contribution in [3.8, 4) is 0 Å². The minimum atomic E-state index is -0.504. The standard InChI is InChI=1S/C10H10BrN3O2/c1-2-16-10(15)7-8(12)14-5-3-4-6(11)9(14)13-7/h3-5H,2,12H2,1H3. The highest BCUT2D eigenvalue weighted by atomic mass is 79.9. The molecule has 6 heteroatoms. The van der Waals surface area contributed by atoms with Crippen molar-refractivity contribution in [1.29, 1.82) is 0 Å². The first-order chi connectivity index (χ1) is 7.65. The van der Waals surface area contributed by atoms with Crippen molar-refractivity contribution in [3.63, 3.8) is 0 Å². The number of ether oxygens (including phenoxy) is 1. The van der Waals surface area contributed by atoms with E-state index >= 15 is 0 Å². The molecule has 0 aliphatic rings. The Kier molecular flexibility index (Phi) is 2.82. The number of carbonyl (C=O) groups is 1. The third-order valence-corrected chi connectivity index (χ3v) is 2.73. The van der Waals surface area contributed by atoms with E-state index in [1.54, 1.807) is 17.5 Å². The number of carbonyl (C=O) groups excluding carboxylic acids is 1. The number of rotatable bonds is 2. The number of nitrogens with two attached hydrogens (primary N) is 1. The quantitative estimate of drug-likeness (QED) is 0.854. The average molecular weight is 284 g/mol. The van der Waals surface area contributed by atoms with Crippen LogP contribution in [-0.2, 0) is 4.74 Å². The van der Waals surface area contributed by atoms with E-state index < -0.39 is 5.97 Å². The number of imidazole rings is 1. The Bertz CT molecular complexity index is 550. The zero-order chi connectivity index (χ0) is 11.7. The molecule has 0 fully saturated rings. The number of nitrogen functional groups attached to an aromatic ring is 1. The summed E-state index contributed by atoms with van der Waals surface area (Å²) in [5, 5.41) is 0. The lowest BCUT2D eigenvalue weighted by Crippen LogP contribution is -2.08. The summed E-state index contributed by atoms with van der Waals surface area (Å²) in [5.74, 6) is -0.217. The third-order valence-electron chi connectivity index (χ3n) is 2.11. The van der Waals surface area contributed by atoms with Gasteiger partial charge in [-0.15, -0.1) is 0 Å². The van der Waals surface area contributed by atoms with Gasteiger partial charge in [0.2, 0.25) is 0 Å². The summed E-state index contributed by atoms with van der Waals surface area (Å²) >= 11 is 3.34. The molecular weight excluding hydrogens is 274 g/mol. The van der Waals surface area contributed by atoms with E-state index in [9.17, 15) is 4.79 Å². The van der Waals surface area contributed by atoms with Crippen molar-refractivity contribution >= 4 is 33.4 Å². The summed E-state index contributed by atoms with van der Waals surface area (Å²) in [7, 11) is 0. The molecule has 0 radical (unpaired) electrons. The molecule has 0 aliphatic carbocycles. The van der Waals surface area contributed by atoms with Crippen LogP contribution >= 0.6 is 15.9 Å². The first-order valence-electron chi connectivity index (χ1n) is 4.74. The summed E-state index contributed by atoms with van der Waals surface area (Å²) in [6.45, 7) is 2.03. The molecule has 2 aromatic heterocycles. The van der Waals surface area contributed by atoms with Crippen LogP contribution in [0.5, 0.6) is 0 Å². The van der Waals surface area contributed by atoms with Crippen LogP contribution in [0.25, 0.3) is 5.65 Å². The number of esters is 1. The SMILES string of the molecule is CCOC(=O)c1nc2c(Br)cccn2c1N. The van der Waals surface area contributed by atoms with Gasteiger partial charge in [-0.3, -0.25) is 4.40 Å². The van der Waals surface area contributed by atoms with Crippen LogP contribution in [0.4, 0.5) is 5.82 Å². The van der Waals surface area contributed by atoms with Crippen LogP contribution in [0, 0.1) is 0 Å².